The molecule has 1 aromatic carbocycles. The quantitative estimate of drug-likeness (QED) is 0.243. The first-order valence-corrected chi connectivity index (χ1v) is 15.2. The van der Waals surface area contributed by atoms with Crippen LogP contribution in [0.1, 0.15) is 29.7 Å². The zero-order valence-corrected chi connectivity index (χ0v) is 24.3. The number of likely N-dealkylation sites (N-methyl/N-ethyl adjacent to an activating group) is 1. The van der Waals surface area contributed by atoms with E-state index in [4.69, 9.17) is 11.6 Å². The second-order valence-electron chi connectivity index (χ2n) is 9.92. The molecule has 0 saturated heterocycles. The summed E-state index contributed by atoms with van der Waals surface area (Å²) in [4.78, 5) is 19.4. The Balaban J connectivity index is 1.44. The lowest BCUT2D eigenvalue weighted by atomic mass is 10.0. The van der Waals surface area contributed by atoms with Crippen LogP contribution in [0.2, 0.25) is 5.02 Å². The Morgan fingerprint density at radius 3 is 2.58 bits per heavy atom. The molecule has 40 heavy (non-hydrogen) atoms. The van der Waals surface area contributed by atoms with Gasteiger partial charge in [0.1, 0.15) is 10.7 Å². The molecule has 1 aliphatic rings. The molecule has 0 bridgehead atoms. The first kappa shape index (κ1) is 29.9. The number of hydrogen-bond acceptors (Lipinski definition) is 11. The maximum Gasteiger partial charge on any atom is 0.233 e. The van der Waals surface area contributed by atoms with Gasteiger partial charge >= 0.3 is 0 Å². The van der Waals surface area contributed by atoms with Gasteiger partial charge in [-0.15, -0.1) is 0 Å². The number of aliphatic hydroxyl groups excluding tert-OH is 2. The number of hydrogen-bond donors (Lipinski definition) is 4. The number of halogens is 1. The molecule has 1 aliphatic carbocycles. The van der Waals surface area contributed by atoms with E-state index in [1.165, 1.54) is 36.8 Å². The molecular formula is C26H35ClN8O4S. The molecule has 4 rings (SSSR count). The van der Waals surface area contributed by atoms with Crippen LogP contribution in [0, 0.1) is 0 Å². The summed E-state index contributed by atoms with van der Waals surface area (Å²) in [6.45, 7) is 0.350. The number of nitrogens with one attached hydrogen (secondary N) is 2. The Labute approximate surface area is 239 Å². The number of rotatable bonds is 11. The molecule has 0 radical (unpaired) electrons. The minimum absolute atomic E-state index is 0.142. The highest BCUT2D eigenvalue weighted by atomic mass is 35.5. The summed E-state index contributed by atoms with van der Waals surface area (Å²) in [6.07, 6.45) is 8.54. The molecule has 0 spiro atoms. The van der Waals surface area contributed by atoms with Gasteiger partial charge in [-0.2, -0.15) is 4.98 Å². The molecular weight excluding hydrogens is 556 g/mol. The number of aryl methyl sites for hydroxylation is 2. The van der Waals surface area contributed by atoms with Gasteiger partial charge in [0.05, 0.1) is 31.7 Å². The van der Waals surface area contributed by atoms with Crippen molar-refractivity contribution < 1.29 is 18.6 Å². The van der Waals surface area contributed by atoms with E-state index in [-0.39, 0.29) is 19.0 Å². The third-order valence-electron chi connectivity index (χ3n) is 7.00. The number of aliphatic hydroxyl groups is 2. The second kappa shape index (κ2) is 13.0. The van der Waals surface area contributed by atoms with Crippen LogP contribution in [0.5, 0.6) is 0 Å². The summed E-state index contributed by atoms with van der Waals surface area (Å²) in [5.41, 5.74) is 3.81. The Kier molecular flexibility index (Phi) is 9.74. The van der Waals surface area contributed by atoms with Crippen LogP contribution in [0.25, 0.3) is 0 Å². The van der Waals surface area contributed by atoms with Gasteiger partial charge in [0, 0.05) is 37.7 Å². The van der Waals surface area contributed by atoms with Crippen molar-refractivity contribution in [3.63, 3.8) is 0 Å². The predicted molar refractivity (Wildman–Crippen MR) is 156 cm³/mol. The Bertz CT molecular complexity index is 1430. The number of fused-ring (bicyclic) bond motifs is 1. The molecule has 14 heteroatoms. The highest BCUT2D eigenvalue weighted by Gasteiger charge is 2.22. The molecule has 1 unspecified atom stereocenters. The molecule has 216 valence electrons. The summed E-state index contributed by atoms with van der Waals surface area (Å²) < 4.78 is 25.1. The average molecular weight is 591 g/mol. The zero-order chi connectivity index (χ0) is 28.9. The second-order valence-corrected chi connectivity index (χ2v) is 12.3. The smallest absolute Gasteiger partial charge is 0.233 e. The van der Waals surface area contributed by atoms with Crippen LogP contribution in [0.4, 0.5) is 23.3 Å². The highest BCUT2D eigenvalue weighted by molar-refractivity contribution is 7.92. The van der Waals surface area contributed by atoms with Gasteiger partial charge in [-0.05, 0) is 56.0 Å². The van der Waals surface area contributed by atoms with Crippen molar-refractivity contribution >= 4 is 44.9 Å². The van der Waals surface area contributed by atoms with E-state index >= 15 is 0 Å². The van der Waals surface area contributed by atoms with Gasteiger partial charge in [-0.3, -0.25) is 9.29 Å². The molecule has 2 heterocycles. The van der Waals surface area contributed by atoms with Gasteiger partial charge in [0.2, 0.25) is 16.0 Å². The molecule has 0 amide bonds. The first-order valence-electron chi connectivity index (χ1n) is 12.9. The number of anilines is 4. The number of benzene rings is 1. The molecule has 2 atom stereocenters. The molecule has 4 N–H and O–H groups in total. The third kappa shape index (κ3) is 7.55. The van der Waals surface area contributed by atoms with Crippen molar-refractivity contribution in [3.8, 4) is 0 Å². The van der Waals surface area contributed by atoms with E-state index in [0.717, 1.165) is 41.9 Å². The Morgan fingerprint density at radius 2 is 1.85 bits per heavy atom. The first-order chi connectivity index (χ1) is 19.0. The summed E-state index contributed by atoms with van der Waals surface area (Å²) in [5.74, 6) is 0.927. The van der Waals surface area contributed by atoms with E-state index in [2.05, 4.69) is 47.6 Å². The molecule has 0 aliphatic heterocycles. The van der Waals surface area contributed by atoms with Crippen LogP contribution < -0.4 is 14.9 Å². The van der Waals surface area contributed by atoms with Crippen LogP contribution in [-0.2, 0) is 29.4 Å². The van der Waals surface area contributed by atoms with Crippen molar-refractivity contribution in [1.29, 1.82) is 0 Å². The van der Waals surface area contributed by atoms with Crippen LogP contribution >= 0.6 is 11.6 Å². The van der Waals surface area contributed by atoms with Crippen molar-refractivity contribution in [3.05, 3.63) is 58.6 Å². The van der Waals surface area contributed by atoms with E-state index in [0.29, 0.717) is 35.1 Å². The molecule has 2 aromatic heterocycles. The number of sulfonamides is 1. The van der Waals surface area contributed by atoms with Crippen LogP contribution in [0.15, 0.2) is 36.8 Å². The normalized spacial score (nSPS) is 16.2. The van der Waals surface area contributed by atoms with E-state index in [1.807, 2.05) is 13.1 Å². The minimum atomic E-state index is -3.51. The largest absolute Gasteiger partial charge is 0.394 e. The maximum atomic E-state index is 12.0. The van der Waals surface area contributed by atoms with Crippen molar-refractivity contribution in [2.75, 3.05) is 48.4 Å². The SMILES string of the molecule is CN(C[C@@H](O)CO)C1CCc2ccc(Nc3ncc(Cl)c(NCc4nccnc4N(C)S(C)(=O)=O)n3)cc2CC1. The molecule has 3 aromatic rings. The van der Waals surface area contributed by atoms with E-state index in [9.17, 15) is 18.6 Å². The molecule has 0 fully saturated rings. The van der Waals surface area contributed by atoms with Gasteiger partial charge < -0.3 is 25.7 Å². The average Bonchev–Trinajstić information content (AvgIpc) is 3.15. The van der Waals surface area contributed by atoms with Crippen LogP contribution in [-0.4, -0.2) is 89.1 Å². The zero-order valence-electron chi connectivity index (χ0n) is 22.7. The van der Waals surface area contributed by atoms with E-state index < -0.39 is 16.1 Å². The van der Waals surface area contributed by atoms with Crippen molar-refractivity contribution in [1.82, 2.24) is 24.8 Å². The van der Waals surface area contributed by atoms with Gasteiger partial charge in [0.25, 0.3) is 0 Å². The lowest BCUT2D eigenvalue weighted by Gasteiger charge is -2.28. The minimum Gasteiger partial charge on any atom is -0.394 e. The number of nitrogens with zero attached hydrogens (tertiary/aromatic N) is 6. The van der Waals surface area contributed by atoms with Crippen molar-refractivity contribution in [2.24, 2.45) is 0 Å². The van der Waals surface area contributed by atoms with Gasteiger partial charge in [-0.1, -0.05) is 17.7 Å². The predicted octanol–water partition coefficient (Wildman–Crippen LogP) is 2.20. The fraction of sp³-hybridized carbons (Fsp3) is 0.462. The van der Waals surface area contributed by atoms with Crippen LogP contribution in [0.3, 0.4) is 0 Å². The Morgan fingerprint density at radius 1 is 1.12 bits per heavy atom. The third-order valence-corrected chi connectivity index (χ3v) is 8.45. The summed E-state index contributed by atoms with van der Waals surface area (Å²) in [6, 6.07) is 6.55. The van der Waals surface area contributed by atoms with E-state index in [1.54, 1.807) is 0 Å². The fourth-order valence-electron chi connectivity index (χ4n) is 4.70. The van der Waals surface area contributed by atoms with Gasteiger partial charge in [-0.25, -0.2) is 18.4 Å². The maximum absolute atomic E-state index is 12.0. The number of aromatic nitrogens is 4. The standard InChI is InChI=1S/C26H35ClN8O4S/c1-34(15-21(37)16-36)20-8-5-17-4-7-19(12-18(17)6-9-20)32-26-31-13-22(27)24(33-26)30-14-23-25(29-11-10-28-23)35(2)40(3,38)39/h4,7,10-13,20-21,36-37H,5-6,8-9,14-16H2,1-3H3,(H2,30,31,32,33)/t20?,21-/m1/s1. The Hall–Kier alpha value is -3.10. The molecule has 12 nitrogen and oxygen atoms in total. The summed E-state index contributed by atoms with van der Waals surface area (Å²) >= 11 is 6.34. The monoisotopic (exact) mass is 590 g/mol. The topological polar surface area (TPSA) is 157 Å². The lowest BCUT2D eigenvalue weighted by Crippen LogP contribution is -2.39. The summed E-state index contributed by atoms with van der Waals surface area (Å²) in [5, 5.41) is 25.6. The fourth-order valence-corrected chi connectivity index (χ4v) is 5.33. The molecule has 0 saturated carbocycles. The lowest BCUT2D eigenvalue weighted by molar-refractivity contribution is 0.0522. The highest BCUT2D eigenvalue weighted by Crippen LogP contribution is 2.28. The van der Waals surface area contributed by atoms with Crippen molar-refractivity contribution in [2.45, 2.75) is 44.4 Å². The summed E-state index contributed by atoms with van der Waals surface area (Å²) in [7, 11) is -0.103. The van der Waals surface area contributed by atoms with Gasteiger partial charge in [0.15, 0.2) is 11.6 Å².